The van der Waals surface area contributed by atoms with Crippen LogP contribution in [0, 0.1) is 5.92 Å². The Labute approximate surface area is 126 Å². The summed E-state index contributed by atoms with van der Waals surface area (Å²) >= 11 is 0. The summed E-state index contributed by atoms with van der Waals surface area (Å²) < 4.78 is 0. The van der Waals surface area contributed by atoms with Gasteiger partial charge in [-0.15, -0.1) is 0 Å². The minimum atomic E-state index is 0.193. The lowest BCUT2D eigenvalue weighted by atomic mass is 9.98. The summed E-state index contributed by atoms with van der Waals surface area (Å²) in [5, 5.41) is 6.35. The Kier molecular flexibility index (Phi) is 4.51. The Morgan fingerprint density at radius 3 is 2.57 bits per heavy atom. The first-order chi connectivity index (χ1) is 10.2. The van der Waals surface area contributed by atoms with Gasteiger partial charge >= 0.3 is 0 Å². The summed E-state index contributed by atoms with van der Waals surface area (Å²) in [5.41, 5.74) is 1.31. The molecule has 114 valence electrons. The van der Waals surface area contributed by atoms with Crippen LogP contribution < -0.4 is 10.6 Å². The van der Waals surface area contributed by atoms with Crippen molar-refractivity contribution < 1.29 is 4.79 Å². The molecule has 0 aromatic carbocycles. The molecule has 3 heterocycles. The number of likely N-dealkylation sites (tertiary alicyclic amines) is 1. The lowest BCUT2D eigenvalue weighted by Gasteiger charge is -2.37. The molecule has 1 amide bonds. The van der Waals surface area contributed by atoms with Gasteiger partial charge in [-0.3, -0.25) is 14.7 Å². The maximum absolute atomic E-state index is 12.0. The van der Waals surface area contributed by atoms with Gasteiger partial charge in [0.25, 0.3) is 0 Å². The first-order valence-corrected chi connectivity index (χ1v) is 7.89. The number of nitrogens with zero attached hydrogens (tertiary/aromatic N) is 2. The van der Waals surface area contributed by atoms with Crippen LogP contribution in [0.15, 0.2) is 24.5 Å². The van der Waals surface area contributed by atoms with E-state index < -0.39 is 0 Å². The topological polar surface area (TPSA) is 57.3 Å². The lowest BCUT2D eigenvalue weighted by Crippen LogP contribution is -2.54. The largest absolute Gasteiger partial charge is 0.353 e. The van der Waals surface area contributed by atoms with E-state index >= 15 is 0 Å². The minimum absolute atomic E-state index is 0.193. The molecule has 1 aromatic rings. The molecule has 2 aliphatic heterocycles. The molecule has 0 aliphatic carbocycles. The molecular formula is C16H24N4O. The van der Waals surface area contributed by atoms with Gasteiger partial charge in [0.1, 0.15) is 0 Å². The standard InChI is InChI=1S/C16H24N4O/c1-12(13-2-6-17-7-3-13)20-8-4-15(5-9-20)19-16(21)14-10-18-11-14/h2-3,6-7,12,14-15,18H,4-5,8-11H2,1H3,(H,19,21). The normalized spacial score (nSPS) is 22.5. The van der Waals surface area contributed by atoms with Crippen LogP contribution in [0.5, 0.6) is 0 Å². The number of amides is 1. The second-order valence-electron chi connectivity index (χ2n) is 6.13. The molecule has 5 heteroatoms. The van der Waals surface area contributed by atoms with E-state index in [9.17, 15) is 4.79 Å². The fraction of sp³-hybridized carbons (Fsp3) is 0.625. The predicted octanol–water partition coefficient (Wildman–Crippen LogP) is 0.943. The molecule has 3 rings (SSSR count). The van der Waals surface area contributed by atoms with Gasteiger partial charge in [0.2, 0.25) is 5.91 Å². The molecule has 2 fully saturated rings. The van der Waals surface area contributed by atoms with Crippen LogP contribution in [-0.2, 0) is 4.79 Å². The second-order valence-corrected chi connectivity index (χ2v) is 6.13. The maximum atomic E-state index is 12.0. The van der Waals surface area contributed by atoms with E-state index in [4.69, 9.17) is 0 Å². The molecule has 0 spiro atoms. The summed E-state index contributed by atoms with van der Waals surface area (Å²) in [4.78, 5) is 18.5. The van der Waals surface area contributed by atoms with Gasteiger partial charge in [0.05, 0.1) is 5.92 Å². The number of piperidine rings is 1. The molecule has 1 unspecified atom stereocenters. The van der Waals surface area contributed by atoms with E-state index in [-0.39, 0.29) is 11.8 Å². The Balaban J connectivity index is 1.47. The Morgan fingerprint density at radius 1 is 1.33 bits per heavy atom. The molecular weight excluding hydrogens is 264 g/mol. The molecule has 0 bridgehead atoms. The molecule has 5 nitrogen and oxygen atoms in total. The van der Waals surface area contributed by atoms with Crippen molar-refractivity contribution in [1.29, 1.82) is 0 Å². The van der Waals surface area contributed by atoms with E-state index in [1.165, 1.54) is 5.56 Å². The Bertz CT molecular complexity index is 466. The van der Waals surface area contributed by atoms with Crippen molar-refractivity contribution >= 4 is 5.91 Å². The quantitative estimate of drug-likeness (QED) is 0.866. The SMILES string of the molecule is CC(c1ccncc1)N1CCC(NC(=O)C2CNC2)CC1. The van der Waals surface area contributed by atoms with Crippen LogP contribution in [0.25, 0.3) is 0 Å². The van der Waals surface area contributed by atoms with Crippen molar-refractivity contribution in [3.8, 4) is 0 Å². The number of carbonyl (C=O) groups excluding carboxylic acids is 1. The van der Waals surface area contributed by atoms with Crippen molar-refractivity contribution in [2.45, 2.75) is 31.8 Å². The highest BCUT2D eigenvalue weighted by Gasteiger charge is 2.29. The Morgan fingerprint density at radius 2 is 2.00 bits per heavy atom. The zero-order valence-electron chi connectivity index (χ0n) is 12.6. The third-order valence-electron chi connectivity index (χ3n) is 4.76. The molecule has 0 saturated carbocycles. The van der Waals surface area contributed by atoms with E-state index in [2.05, 4.69) is 39.6 Å². The van der Waals surface area contributed by atoms with Crippen LogP contribution >= 0.6 is 0 Å². The molecule has 2 aliphatic rings. The first kappa shape index (κ1) is 14.5. The smallest absolute Gasteiger partial charge is 0.225 e. The zero-order valence-corrected chi connectivity index (χ0v) is 12.6. The number of hydrogen-bond acceptors (Lipinski definition) is 4. The van der Waals surface area contributed by atoms with E-state index in [1.807, 2.05) is 12.4 Å². The van der Waals surface area contributed by atoms with E-state index in [1.54, 1.807) is 0 Å². The van der Waals surface area contributed by atoms with Gasteiger partial charge < -0.3 is 10.6 Å². The number of rotatable bonds is 4. The van der Waals surface area contributed by atoms with Gasteiger partial charge in [0, 0.05) is 50.7 Å². The lowest BCUT2D eigenvalue weighted by molar-refractivity contribution is -0.127. The monoisotopic (exact) mass is 288 g/mol. The summed E-state index contributed by atoms with van der Waals surface area (Å²) in [6.45, 7) is 6.00. The van der Waals surface area contributed by atoms with Crippen molar-refractivity contribution in [3.05, 3.63) is 30.1 Å². The van der Waals surface area contributed by atoms with Gasteiger partial charge in [0.15, 0.2) is 0 Å². The van der Waals surface area contributed by atoms with Crippen molar-refractivity contribution in [1.82, 2.24) is 20.5 Å². The number of aromatic nitrogens is 1. The van der Waals surface area contributed by atoms with Crippen molar-refractivity contribution in [2.24, 2.45) is 5.92 Å². The highest BCUT2D eigenvalue weighted by Crippen LogP contribution is 2.23. The first-order valence-electron chi connectivity index (χ1n) is 7.89. The van der Waals surface area contributed by atoms with Gasteiger partial charge in [-0.2, -0.15) is 0 Å². The fourth-order valence-electron chi connectivity index (χ4n) is 3.08. The van der Waals surface area contributed by atoms with Crippen molar-refractivity contribution in [2.75, 3.05) is 26.2 Å². The van der Waals surface area contributed by atoms with Gasteiger partial charge in [-0.05, 0) is 37.5 Å². The van der Waals surface area contributed by atoms with Crippen molar-refractivity contribution in [3.63, 3.8) is 0 Å². The van der Waals surface area contributed by atoms with Gasteiger partial charge in [-0.25, -0.2) is 0 Å². The second kappa shape index (κ2) is 6.54. The summed E-state index contributed by atoms with van der Waals surface area (Å²) in [6, 6.07) is 4.93. The van der Waals surface area contributed by atoms with Crippen LogP contribution in [0.1, 0.15) is 31.4 Å². The average Bonchev–Trinajstić information content (AvgIpc) is 2.46. The van der Waals surface area contributed by atoms with Crippen LogP contribution in [0.3, 0.4) is 0 Å². The molecule has 2 N–H and O–H groups in total. The Hall–Kier alpha value is -1.46. The maximum Gasteiger partial charge on any atom is 0.225 e. The molecule has 21 heavy (non-hydrogen) atoms. The van der Waals surface area contributed by atoms with Crippen LogP contribution in [0.4, 0.5) is 0 Å². The number of hydrogen-bond donors (Lipinski definition) is 2. The summed E-state index contributed by atoms with van der Waals surface area (Å²) in [6.07, 6.45) is 5.79. The van der Waals surface area contributed by atoms with Crippen LogP contribution in [-0.4, -0.2) is 48.0 Å². The molecule has 1 atom stereocenters. The molecule has 1 aromatic heterocycles. The molecule has 0 radical (unpaired) electrons. The predicted molar refractivity (Wildman–Crippen MR) is 81.7 cm³/mol. The number of pyridine rings is 1. The van der Waals surface area contributed by atoms with E-state index in [0.717, 1.165) is 39.0 Å². The van der Waals surface area contributed by atoms with E-state index in [0.29, 0.717) is 12.1 Å². The molecule has 2 saturated heterocycles. The third-order valence-corrected chi connectivity index (χ3v) is 4.76. The highest BCUT2D eigenvalue weighted by molar-refractivity contribution is 5.80. The number of nitrogens with one attached hydrogen (secondary N) is 2. The van der Waals surface area contributed by atoms with Gasteiger partial charge in [-0.1, -0.05) is 0 Å². The summed E-state index contributed by atoms with van der Waals surface area (Å²) in [5.74, 6) is 0.424. The fourth-order valence-corrected chi connectivity index (χ4v) is 3.08. The summed E-state index contributed by atoms with van der Waals surface area (Å²) in [7, 11) is 0. The zero-order chi connectivity index (χ0) is 14.7. The average molecular weight is 288 g/mol. The third kappa shape index (κ3) is 3.41. The highest BCUT2D eigenvalue weighted by atomic mass is 16.2. The number of carbonyl (C=O) groups is 1. The minimum Gasteiger partial charge on any atom is -0.353 e. The van der Waals surface area contributed by atoms with Crippen LogP contribution in [0.2, 0.25) is 0 Å².